The molecule has 1 aliphatic heterocycles. The van der Waals surface area contributed by atoms with Crippen molar-refractivity contribution >= 4 is 22.8 Å². The summed E-state index contributed by atoms with van der Waals surface area (Å²) in [6.07, 6.45) is 0.630. The first-order chi connectivity index (χ1) is 20.2. The molecule has 0 bridgehead atoms. The quantitative estimate of drug-likeness (QED) is 0.254. The van der Waals surface area contributed by atoms with E-state index in [4.69, 9.17) is 15.1 Å². The minimum atomic E-state index is 0.0564. The van der Waals surface area contributed by atoms with E-state index in [2.05, 4.69) is 69.0 Å². The fraction of sp³-hybridized carbons (Fsp3) is 0.314. The van der Waals surface area contributed by atoms with E-state index < -0.39 is 0 Å². The highest BCUT2D eigenvalue weighted by molar-refractivity contribution is 5.95. The molecule has 42 heavy (non-hydrogen) atoms. The van der Waals surface area contributed by atoms with Crippen molar-refractivity contribution in [3.8, 4) is 5.69 Å². The first kappa shape index (κ1) is 27.6. The van der Waals surface area contributed by atoms with Crippen molar-refractivity contribution in [2.45, 2.75) is 46.5 Å². The van der Waals surface area contributed by atoms with Crippen LogP contribution in [0.4, 0.5) is 5.82 Å². The van der Waals surface area contributed by atoms with Crippen molar-refractivity contribution in [1.82, 2.24) is 24.6 Å². The van der Waals surface area contributed by atoms with Crippen LogP contribution in [-0.2, 0) is 11.8 Å². The SMILES string of the molecule is Cc1ccc(Cc2nc(N3CCN(C(=O)c4ccc(C(C)(C)C)cc4)CC3)c3c(C)nn(-c4ccccc4)c3n2)cc1. The predicted molar refractivity (Wildman–Crippen MR) is 169 cm³/mol. The van der Waals surface area contributed by atoms with Gasteiger partial charge in [-0.15, -0.1) is 0 Å². The Morgan fingerprint density at radius 1 is 0.810 bits per heavy atom. The third kappa shape index (κ3) is 5.51. The van der Waals surface area contributed by atoms with Gasteiger partial charge in [-0.25, -0.2) is 14.6 Å². The average Bonchev–Trinajstić information content (AvgIpc) is 3.34. The fourth-order valence-electron chi connectivity index (χ4n) is 5.57. The summed E-state index contributed by atoms with van der Waals surface area (Å²) in [5.74, 6) is 1.73. The number of hydrogen-bond acceptors (Lipinski definition) is 5. The molecule has 0 radical (unpaired) electrons. The van der Waals surface area contributed by atoms with Crippen LogP contribution >= 0.6 is 0 Å². The number of carbonyl (C=O) groups excluding carboxylic acids is 1. The highest BCUT2D eigenvalue weighted by Gasteiger charge is 2.27. The summed E-state index contributed by atoms with van der Waals surface area (Å²) in [6, 6.07) is 26.7. The number of benzene rings is 3. The number of rotatable bonds is 5. The second-order valence-corrected chi connectivity index (χ2v) is 12.3. The Kier molecular flexibility index (Phi) is 7.27. The van der Waals surface area contributed by atoms with E-state index in [9.17, 15) is 4.79 Å². The number of carbonyl (C=O) groups is 1. The van der Waals surface area contributed by atoms with E-state index in [0.717, 1.165) is 39.6 Å². The van der Waals surface area contributed by atoms with Gasteiger partial charge in [0.15, 0.2) is 5.65 Å². The van der Waals surface area contributed by atoms with Crippen LogP contribution in [-0.4, -0.2) is 56.7 Å². The lowest BCUT2D eigenvalue weighted by molar-refractivity contribution is 0.0746. The van der Waals surface area contributed by atoms with Crippen LogP contribution < -0.4 is 4.90 Å². The van der Waals surface area contributed by atoms with Gasteiger partial charge in [-0.1, -0.05) is 80.9 Å². The molecule has 3 aromatic carbocycles. The van der Waals surface area contributed by atoms with Gasteiger partial charge in [0.2, 0.25) is 0 Å². The summed E-state index contributed by atoms with van der Waals surface area (Å²) in [5, 5.41) is 5.87. The van der Waals surface area contributed by atoms with Gasteiger partial charge in [-0.05, 0) is 54.7 Å². The lowest BCUT2D eigenvalue weighted by atomic mass is 9.86. The zero-order valence-electron chi connectivity index (χ0n) is 25.1. The van der Waals surface area contributed by atoms with E-state index in [1.807, 2.05) is 59.0 Å². The molecule has 2 aromatic heterocycles. The van der Waals surface area contributed by atoms with Crippen molar-refractivity contribution in [3.05, 3.63) is 113 Å². The number of nitrogens with zero attached hydrogens (tertiary/aromatic N) is 6. The number of fused-ring (bicyclic) bond motifs is 1. The summed E-state index contributed by atoms with van der Waals surface area (Å²) in [6.45, 7) is 13.3. The lowest BCUT2D eigenvalue weighted by Crippen LogP contribution is -2.49. The molecular formula is C35H38N6O. The minimum absolute atomic E-state index is 0.0564. The number of hydrogen-bond donors (Lipinski definition) is 0. The maximum Gasteiger partial charge on any atom is 0.253 e. The summed E-state index contributed by atoms with van der Waals surface area (Å²) in [7, 11) is 0. The molecule has 3 heterocycles. The lowest BCUT2D eigenvalue weighted by Gasteiger charge is -2.36. The molecule has 1 fully saturated rings. The minimum Gasteiger partial charge on any atom is -0.352 e. The number of amides is 1. The van der Waals surface area contributed by atoms with Gasteiger partial charge in [0.25, 0.3) is 5.91 Å². The van der Waals surface area contributed by atoms with Crippen LogP contribution in [0.3, 0.4) is 0 Å². The van der Waals surface area contributed by atoms with Crippen LogP contribution in [0.15, 0.2) is 78.9 Å². The molecule has 214 valence electrons. The normalized spacial score (nSPS) is 14.0. The molecule has 0 saturated carbocycles. The Morgan fingerprint density at radius 3 is 2.12 bits per heavy atom. The van der Waals surface area contributed by atoms with Crippen LogP contribution in [0.2, 0.25) is 0 Å². The number of aromatic nitrogens is 4. The molecule has 5 aromatic rings. The molecule has 0 atom stereocenters. The molecular weight excluding hydrogens is 520 g/mol. The highest BCUT2D eigenvalue weighted by Crippen LogP contribution is 2.30. The van der Waals surface area contributed by atoms with E-state index >= 15 is 0 Å². The zero-order valence-corrected chi connectivity index (χ0v) is 25.1. The maximum atomic E-state index is 13.4. The molecule has 0 unspecified atom stereocenters. The summed E-state index contributed by atoms with van der Waals surface area (Å²) in [4.78, 5) is 27.8. The van der Waals surface area contributed by atoms with E-state index in [1.165, 1.54) is 16.7 Å². The molecule has 1 amide bonds. The molecule has 0 N–H and O–H groups in total. The van der Waals surface area contributed by atoms with E-state index in [0.29, 0.717) is 32.6 Å². The van der Waals surface area contributed by atoms with Crippen molar-refractivity contribution < 1.29 is 4.79 Å². The van der Waals surface area contributed by atoms with Gasteiger partial charge in [-0.3, -0.25) is 4.79 Å². The molecule has 6 rings (SSSR count). The standard InChI is InChI=1S/C35H38N6O/c1-24-11-13-26(14-12-24)23-30-36-32(31-25(2)38-41(33(31)37-30)29-9-7-6-8-10-29)39-19-21-40(22-20-39)34(42)27-15-17-28(18-16-27)35(3,4)5/h6-18H,19-23H2,1-5H3. The van der Waals surface area contributed by atoms with Crippen molar-refractivity contribution in [3.63, 3.8) is 0 Å². The number of anilines is 1. The smallest absolute Gasteiger partial charge is 0.253 e. The van der Waals surface area contributed by atoms with Crippen LogP contribution in [0.1, 0.15) is 59.3 Å². The Bertz CT molecular complexity index is 1710. The maximum absolute atomic E-state index is 13.4. The summed E-state index contributed by atoms with van der Waals surface area (Å²) < 4.78 is 1.93. The van der Waals surface area contributed by atoms with E-state index in [1.54, 1.807) is 0 Å². The van der Waals surface area contributed by atoms with Crippen molar-refractivity contribution in [2.75, 3.05) is 31.1 Å². The third-order valence-electron chi connectivity index (χ3n) is 8.08. The van der Waals surface area contributed by atoms with Gasteiger partial charge in [0, 0.05) is 38.2 Å². The number of aryl methyl sites for hydroxylation is 2. The molecule has 7 nitrogen and oxygen atoms in total. The molecule has 0 spiro atoms. The Morgan fingerprint density at radius 2 is 1.48 bits per heavy atom. The van der Waals surface area contributed by atoms with Crippen LogP contribution in [0.5, 0.6) is 0 Å². The van der Waals surface area contributed by atoms with Gasteiger partial charge >= 0.3 is 0 Å². The zero-order chi connectivity index (χ0) is 29.4. The van der Waals surface area contributed by atoms with Gasteiger partial charge in [0.1, 0.15) is 11.6 Å². The van der Waals surface area contributed by atoms with Crippen LogP contribution in [0, 0.1) is 13.8 Å². The van der Waals surface area contributed by atoms with Crippen molar-refractivity contribution in [2.24, 2.45) is 0 Å². The van der Waals surface area contributed by atoms with Crippen LogP contribution in [0.25, 0.3) is 16.7 Å². The molecule has 1 saturated heterocycles. The van der Waals surface area contributed by atoms with Gasteiger partial charge in [-0.2, -0.15) is 5.10 Å². The highest BCUT2D eigenvalue weighted by atomic mass is 16.2. The van der Waals surface area contributed by atoms with Gasteiger partial charge < -0.3 is 9.80 Å². The largest absolute Gasteiger partial charge is 0.352 e. The number of para-hydroxylation sites is 1. The second-order valence-electron chi connectivity index (χ2n) is 12.3. The fourth-order valence-corrected chi connectivity index (χ4v) is 5.57. The molecule has 7 heteroatoms. The first-order valence-corrected chi connectivity index (χ1v) is 14.7. The second kappa shape index (κ2) is 11.0. The van der Waals surface area contributed by atoms with E-state index in [-0.39, 0.29) is 11.3 Å². The predicted octanol–water partition coefficient (Wildman–Crippen LogP) is 6.28. The molecule has 1 aliphatic rings. The third-order valence-corrected chi connectivity index (χ3v) is 8.08. The average molecular weight is 559 g/mol. The monoisotopic (exact) mass is 558 g/mol. The summed E-state index contributed by atoms with van der Waals surface area (Å²) in [5.41, 5.74) is 7.08. The first-order valence-electron chi connectivity index (χ1n) is 14.7. The number of piperazine rings is 1. The summed E-state index contributed by atoms with van der Waals surface area (Å²) >= 11 is 0. The Balaban J connectivity index is 1.30. The van der Waals surface area contributed by atoms with Gasteiger partial charge in [0.05, 0.1) is 16.8 Å². The Labute approximate surface area is 247 Å². The van der Waals surface area contributed by atoms with Crippen molar-refractivity contribution in [1.29, 1.82) is 0 Å². The topological polar surface area (TPSA) is 67.2 Å². The molecule has 0 aliphatic carbocycles. The Hall–Kier alpha value is -4.52.